The van der Waals surface area contributed by atoms with Crippen LogP contribution in [0.4, 0.5) is 5.82 Å². The van der Waals surface area contributed by atoms with Crippen LogP contribution in [0.5, 0.6) is 5.75 Å². The average Bonchev–Trinajstić information content (AvgIpc) is 3.16. The van der Waals surface area contributed by atoms with Crippen LogP contribution in [0.15, 0.2) is 61.1 Å². The number of fused-ring (bicyclic) bond motifs is 1. The van der Waals surface area contributed by atoms with Crippen molar-refractivity contribution in [1.29, 1.82) is 0 Å². The number of methoxy groups -OCH3 is 1. The first kappa shape index (κ1) is 19.4. The Morgan fingerprint density at radius 1 is 1.17 bits per heavy atom. The highest BCUT2D eigenvalue weighted by atomic mass is 16.5. The number of hydrogen-bond donors (Lipinski definition) is 3. The van der Waals surface area contributed by atoms with E-state index < -0.39 is 0 Å². The molecule has 0 saturated carbocycles. The van der Waals surface area contributed by atoms with Crippen LogP contribution in [0.2, 0.25) is 0 Å². The number of hydrogen-bond acceptors (Lipinski definition) is 5. The van der Waals surface area contributed by atoms with Crippen LogP contribution < -0.4 is 15.8 Å². The predicted molar refractivity (Wildman–Crippen MR) is 117 cm³/mol. The van der Waals surface area contributed by atoms with Crippen molar-refractivity contribution in [3.63, 3.8) is 0 Å². The van der Waals surface area contributed by atoms with E-state index in [9.17, 15) is 4.79 Å². The summed E-state index contributed by atoms with van der Waals surface area (Å²) in [5, 5.41) is 4.02. The van der Waals surface area contributed by atoms with Crippen LogP contribution in [0.3, 0.4) is 0 Å². The normalized spacial score (nSPS) is 10.8. The predicted octanol–water partition coefficient (Wildman–Crippen LogP) is 3.46. The van der Waals surface area contributed by atoms with E-state index >= 15 is 0 Å². The second-order valence-corrected chi connectivity index (χ2v) is 6.96. The minimum atomic E-state index is -0.0517. The van der Waals surface area contributed by atoms with E-state index in [-0.39, 0.29) is 5.91 Å². The van der Waals surface area contributed by atoms with Crippen molar-refractivity contribution in [2.24, 2.45) is 0 Å². The first-order valence-corrected chi connectivity index (χ1v) is 9.70. The van der Waals surface area contributed by atoms with Crippen LogP contribution in [0, 0.1) is 0 Å². The molecule has 4 N–H and O–H groups in total. The van der Waals surface area contributed by atoms with Crippen LogP contribution in [0.25, 0.3) is 22.2 Å². The van der Waals surface area contributed by atoms with Gasteiger partial charge >= 0.3 is 0 Å². The number of carbonyl (C=O) groups excluding carboxylic acids is 1. The molecule has 0 unspecified atom stereocenters. The highest BCUT2D eigenvalue weighted by molar-refractivity contribution is 5.91. The summed E-state index contributed by atoms with van der Waals surface area (Å²) >= 11 is 0. The smallest absolute Gasteiger partial charge is 0.220 e. The Hall–Kier alpha value is -3.87. The molecule has 0 saturated heterocycles. The molecule has 30 heavy (non-hydrogen) atoms. The van der Waals surface area contributed by atoms with E-state index in [4.69, 9.17) is 10.5 Å². The Morgan fingerprint density at radius 3 is 2.73 bits per heavy atom. The number of amides is 1. The lowest BCUT2D eigenvalue weighted by molar-refractivity contribution is -0.121. The Balaban J connectivity index is 1.52. The van der Waals surface area contributed by atoms with Gasteiger partial charge in [0, 0.05) is 41.3 Å². The maximum absolute atomic E-state index is 12.5. The zero-order valence-electron chi connectivity index (χ0n) is 16.7. The fraction of sp³-hybridized carbons (Fsp3) is 0.174. The molecule has 2 aromatic carbocycles. The first-order valence-electron chi connectivity index (χ1n) is 9.70. The number of nitrogens with two attached hydrogens (primary N) is 1. The molecular formula is C23H23N5O2. The highest BCUT2D eigenvalue weighted by Crippen LogP contribution is 2.32. The molecule has 0 aliphatic heterocycles. The number of anilines is 1. The van der Waals surface area contributed by atoms with Crippen molar-refractivity contribution >= 4 is 22.6 Å². The fourth-order valence-electron chi connectivity index (χ4n) is 3.49. The lowest BCUT2D eigenvalue weighted by Gasteiger charge is -2.08. The van der Waals surface area contributed by atoms with Gasteiger partial charge < -0.3 is 20.8 Å². The standard InChI is InChI=1S/C23H23N5O2/c1-30-17-8-6-15(7-9-17)22-19(18-4-2-3-5-20(18)28-22)10-11-21(29)26-13-16-12-25-14-27-23(16)24/h2-9,12,14,28H,10-11,13H2,1H3,(H,26,29)(H2,24,25,27). The van der Waals surface area contributed by atoms with Gasteiger partial charge in [-0.05, 0) is 47.9 Å². The summed E-state index contributed by atoms with van der Waals surface area (Å²) in [6, 6.07) is 16.0. The molecule has 0 spiro atoms. The molecule has 0 aliphatic rings. The van der Waals surface area contributed by atoms with Crippen molar-refractivity contribution in [2.45, 2.75) is 19.4 Å². The fourth-order valence-corrected chi connectivity index (χ4v) is 3.49. The van der Waals surface area contributed by atoms with E-state index in [0.29, 0.717) is 30.8 Å². The topological polar surface area (TPSA) is 106 Å². The van der Waals surface area contributed by atoms with Crippen molar-refractivity contribution in [3.05, 3.63) is 72.2 Å². The van der Waals surface area contributed by atoms with Gasteiger partial charge in [0.15, 0.2) is 0 Å². The highest BCUT2D eigenvalue weighted by Gasteiger charge is 2.15. The molecule has 2 heterocycles. The molecule has 0 aliphatic carbocycles. The summed E-state index contributed by atoms with van der Waals surface area (Å²) in [5.74, 6) is 1.13. The quantitative estimate of drug-likeness (QED) is 0.440. The van der Waals surface area contributed by atoms with Crippen LogP contribution in [-0.2, 0) is 17.8 Å². The van der Waals surface area contributed by atoms with Crippen LogP contribution in [-0.4, -0.2) is 28.0 Å². The van der Waals surface area contributed by atoms with Gasteiger partial charge in [-0.25, -0.2) is 9.97 Å². The Bertz CT molecular complexity index is 1170. The molecule has 7 nitrogen and oxygen atoms in total. The SMILES string of the molecule is COc1ccc(-c2[nH]c3ccccc3c2CCC(=O)NCc2cncnc2N)cc1. The minimum Gasteiger partial charge on any atom is -0.497 e. The molecule has 152 valence electrons. The third-order valence-electron chi connectivity index (χ3n) is 5.09. The molecule has 4 rings (SSSR count). The molecule has 0 fully saturated rings. The lowest BCUT2D eigenvalue weighted by Crippen LogP contribution is -2.23. The van der Waals surface area contributed by atoms with Gasteiger partial charge in [-0.3, -0.25) is 4.79 Å². The Morgan fingerprint density at radius 2 is 1.97 bits per heavy atom. The molecule has 4 aromatic rings. The molecule has 0 bridgehead atoms. The van der Waals surface area contributed by atoms with Gasteiger partial charge in [0.2, 0.25) is 5.91 Å². The number of aromatic nitrogens is 3. The number of para-hydroxylation sites is 1. The van der Waals surface area contributed by atoms with E-state index in [0.717, 1.165) is 33.5 Å². The summed E-state index contributed by atoms with van der Waals surface area (Å²) in [5.41, 5.74) is 10.8. The second kappa shape index (κ2) is 8.65. The van der Waals surface area contributed by atoms with Crippen molar-refractivity contribution in [3.8, 4) is 17.0 Å². The largest absolute Gasteiger partial charge is 0.497 e. The number of carbonyl (C=O) groups is 1. The number of ether oxygens (including phenoxy) is 1. The van der Waals surface area contributed by atoms with Crippen molar-refractivity contribution < 1.29 is 9.53 Å². The number of nitrogen functional groups attached to an aromatic ring is 1. The second-order valence-electron chi connectivity index (χ2n) is 6.96. The zero-order chi connectivity index (χ0) is 20.9. The number of nitrogens with one attached hydrogen (secondary N) is 2. The third-order valence-corrected chi connectivity index (χ3v) is 5.09. The maximum atomic E-state index is 12.5. The molecule has 7 heteroatoms. The molecule has 0 radical (unpaired) electrons. The number of rotatable bonds is 7. The van der Waals surface area contributed by atoms with Crippen LogP contribution in [0.1, 0.15) is 17.5 Å². The summed E-state index contributed by atoms with van der Waals surface area (Å²) in [6.07, 6.45) is 3.97. The summed E-state index contributed by atoms with van der Waals surface area (Å²) in [4.78, 5) is 23.9. The zero-order valence-corrected chi connectivity index (χ0v) is 16.7. The number of aromatic amines is 1. The molecule has 2 aromatic heterocycles. The van der Waals surface area contributed by atoms with Gasteiger partial charge in [0.05, 0.1) is 7.11 Å². The summed E-state index contributed by atoms with van der Waals surface area (Å²) in [6.45, 7) is 0.310. The Labute approximate surface area is 174 Å². The molecular weight excluding hydrogens is 378 g/mol. The molecule has 0 atom stereocenters. The van der Waals surface area contributed by atoms with E-state index in [1.165, 1.54) is 6.33 Å². The van der Waals surface area contributed by atoms with E-state index in [1.807, 2.05) is 42.5 Å². The van der Waals surface area contributed by atoms with E-state index in [1.54, 1.807) is 13.3 Å². The number of aryl methyl sites for hydroxylation is 1. The van der Waals surface area contributed by atoms with Crippen molar-refractivity contribution in [2.75, 3.05) is 12.8 Å². The number of benzene rings is 2. The van der Waals surface area contributed by atoms with Gasteiger partial charge in [-0.15, -0.1) is 0 Å². The van der Waals surface area contributed by atoms with Crippen molar-refractivity contribution in [1.82, 2.24) is 20.3 Å². The van der Waals surface area contributed by atoms with E-state index in [2.05, 4.69) is 26.3 Å². The maximum Gasteiger partial charge on any atom is 0.220 e. The summed E-state index contributed by atoms with van der Waals surface area (Å²) in [7, 11) is 1.65. The number of nitrogens with zero attached hydrogens (tertiary/aromatic N) is 2. The lowest BCUT2D eigenvalue weighted by atomic mass is 10.0. The third kappa shape index (κ3) is 4.10. The van der Waals surface area contributed by atoms with Gasteiger partial charge in [-0.2, -0.15) is 0 Å². The molecule has 1 amide bonds. The number of H-pyrrole nitrogens is 1. The summed E-state index contributed by atoms with van der Waals surface area (Å²) < 4.78 is 5.26. The van der Waals surface area contributed by atoms with Gasteiger partial charge in [0.1, 0.15) is 17.9 Å². The minimum absolute atomic E-state index is 0.0517. The van der Waals surface area contributed by atoms with Crippen LogP contribution >= 0.6 is 0 Å². The van der Waals surface area contributed by atoms with Gasteiger partial charge in [-0.1, -0.05) is 18.2 Å². The van der Waals surface area contributed by atoms with Gasteiger partial charge in [0.25, 0.3) is 0 Å². The monoisotopic (exact) mass is 401 g/mol. The first-order chi connectivity index (χ1) is 14.7. The average molecular weight is 401 g/mol. The Kier molecular flexibility index (Phi) is 5.61.